The average molecular weight is 392 g/mol. The number of aliphatic hydroxyl groups is 1. The van der Waals surface area contributed by atoms with Crippen LogP contribution in [0.4, 0.5) is 5.95 Å². The van der Waals surface area contributed by atoms with Crippen LogP contribution in [0.1, 0.15) is 18.2 Å². The SMILES string of the molecule is COc1cccc([C@H]2NC3=NCN(CCCO)CN3c3nc4ccccc4n32)c1. The highest BCUT2D eigenvalue weighted by atomic mass is 16.5. The Balaban J connectivity index is 1.62. The van der Waals surface area contributed by atoms with Crippen LogP contribution in [0.2, 0.25) is 0 Å². The maximum Gasteiger partial charge on any atom is 0.216 e. The smallest absolute Gasteiger partial charge is 0.216 e. The molecule has 2 aliphatic rings. The number of para-hydroxylation sites is 2. The molecule has 8 nitrogen and oxygen atoms in total. The molecule has 0 radical (unpaired) electrons. The van der Waals surface area contributed by atoms with Crippen molar-refractivity contribution in [2.45, 2.75) is 12.6 Å². The molecule has 0 unspecified atom stereocenters. The molecule has 0 aliphatic carbocycles. The molecule has 3 aromatic rings. The number of anilines is 1. The Morgan fingerprint density at radius 2 is 2.10 bits per heavy atom. The van der Waals surface area contributed by atoms with Gasteiger partial charge in [0.05, 0.1) is 31.5 Å². The van der Waals surface area contributed by atoms with Gasteiger partial charge < -0.3 is 15.2 Å². The van der Waals surface area contributed by atoms with Crippen LogP contribution >= 0.6 is 0 Å². The van der Waals surface area contributed by atoms with E-state index in [1.54, 1.807) is 7.11 Å². The number of nitrogens with one attached hydrogen (secondary N) is 1. The third-order valence-electron chi connectivity index (χ3n) is 5.40. The maximum atomic E-state index is 9.17. The first-order chi connectivity index (χ1) is 14.3. The van der Waals surface area contributed by atoms with Gasteiger partial charge in [-0.3, -0.25) is 14.4 Å². The van der Waals surface area contributed by atoms with E-state index in [4.69, 9.17) is 14.7 Å². The Labute approximate surface area is 169 Å². The Morgan fingerprint density at radius 3 is 2.97 bits per heavy atom. The van der Waals surface area contributed by atoms with E-state index in [2.05, 4.69) is 31.8 Å². The molecule has 0 fully saturated rings. The van der Waals surface area contributed by atoms with Crippen molar-refractivity contribution in [3.63, 3.8) is 0 Å². The zero-order valence-corrected chi connectivity index (χ0v) is 16.3. The zero-order valence-electron chi connectivity index (χ0n) is 16.3. The highest BCUT2D eigenvalue weighted by molar-refractivity contribution is 5.98. The van der Waals surface area contributed by atoms with Gasteiger partial charge in [0, 0.05) is 13.2 Å². The van der Waals surface area contributed by atoms with Crippen molar-refractivity contribution in [3.8, 4) is 5.75 Å². The fourth-order valence-corrected chi connectivity index (χ4v) is 3.99. The number of imidazole rings is 1. The van der Waals surface area contributed by atoms with Crippen molar-refractivity contribution in [2.75, 3.05) is 38.5 Å². The van der Waals surface area contributed by atoms with Crippen LogP contribution < -0.4 is 15.0 Å². The first-order valence-corrected chi connectivity index (χ1v) is 9.81. The molecule has 0 spiro atoms. The molecule has 2 aliphatic heterocycles. The quantitative estimate of drug-likeness (QED) is 0.691. The van der Waals surface area contributed by atoms with Crippen LogP contribution in [0.5, 0.6) is 5.75 Å². The lowest BCUT2D eigenvalue weighted by Crippen LogP contribution is -2.57. The minimum absolute atomic E-state index is 0.133. The molecular formula is C21H24N6O2. The zero-order chi connectivity index (χ0) is 19.8. The third kappa shape index (κ3) is 3.10. The van der Waals surface area contributed by atoms with E-state index in [9.17, 15) is 5.11 Å². The monoisotopic (exact) mass is 392 g/mol. The van der Waals surface area contributed by atoms with Crippen LogP contribution in [-0.2, 0) is 0 Å². The number of guanidine groups is 1. The summed E-state index contributed by atoms with van der Waals surface area (Å²) in [6, 6.07) is 16.3. The van der Waals surface area contributed by atoms with E-state index in [0.717, 1.165) is 47.2 Å². The standard InChI is InChI=1S/C21H24N6O2/c1-29-16-7-4-6-15(12-16)19-24-20-22-13-25(10-5-11-28)14-26(20)21-23-17-8-2-3-9-18(17)27(19)21/h2-4,6-9,12,19,28H,5,10-11,13-14H2,1H3,(H,22,24)/t19-/m0/s1. The summed E-state index contributed by atoms with van der Waals surface area (Å²) >= 11 is 0. The van der Waals surface area contributed by atoms with Crippen molar-refractivity contribution in [1.29, 1.82) is 0 Å². The molecule has 1 atom stereocenters. The van der Waals surface area contributed by atoms with E-state index < -0.39 is 0 Å². The Morgan fingerprint density at radius 1 is 1.21 bits per heavy atom. The molecule has 0 amide bonds. The van der Waals surface area contributed by atoms with Gasteiger partial charge in [0.2, 0.25) is 11.9 Å². The van der Waals surface area contributed by atoms with Crippen LogP contribution in [-0.4, -0.2) is 59.1 Å². The summed E-state index contributed by atoms with van der Waals surface area (Å²) in [6.07, 6.45) is 0.598. The molecule has 8 heteroatoms. The highest BCUT2D eigenvalue weighted by Crippen LogP contribution is 2.34. The third-order valence-corrected chi connectivity index (χ3v) is 5.40. The topological polar surface area (TPSA) is 78.2 Å². The summed E-state index contributed by atoms with van der Waals surface area (Å²) in [6.45, 7) is 2.26. The number of nitrogens with zero attached hydrogens (tertiary/aromatic N) is 5. The minimum atomic E-state index is -0.133. The summed E-state index contributed by atoms with van der Waals surface area (Å²) < 4.78 is 7.66. The van der Waals surface area contributed by atoms with Gasteiger partial charge in [-0.2, -0.15) is 0 Å². The number of aliphatic hydroxyl groups excluding tert-OH is 1. The number of fused-ring (bicyclic) bond motifs is 5. The van der Waals surface area contributed by atoms with Crippen molar-refractivity contribution < 1.29 is 9.84 Å². The average Bonchev–Trinajstić information content (AvgIpc) is 3.17. The first-order valence-electron chi connectivity index (χ1n) is 9.81. The first kappa shape index (κ1) is 18.0. The van der Waals surface area contributed by atoms with Crippen LogP contribution in [0.3, 0.4) is 0 Å². The van der Waals surface area contributed by atoms with Gasteiger partial charge in [0.15, 0.2) is 0 Å². The molecule has 0 saturated heterocycles. The molecule has 1 aromatic heterocycles. The molecule has 2 aromatic carbocycles. The second kappa shape index (κ2) is 7.38. The largest absolute Gasteiger partial charge is 0.497 e. The van der Waals surface area contributed by atoms with E-state index in [1.165, 1.54) is 0 Å². The normalized spacial score (nSPS) is 18.8. The number of hydrogen-bond donors (Lipinski definition) is 2. The number of aliphatic imine (C=N–C) groups is 1. The second-order valence-electron chi connectivity index (χ2n) is 7.26. The van der Waals surface area contributed by atoms with E-state index in [1.807, 2.05) is 36.4 Å². The summed E-state index contributed by atoms with van der Waals surface area (Å²) in [5.74, 6) is 2.50. The van der Waals surface area contributed by atoms with E-state index >= 15 is 0 Å². The van der Waals surface area contributed by atoms with Crippen molar-refractivity contribution in [3.05, 3.63) is 54.1 Å². The van der Waals surface area contributed by atoms with Gasteiger partial charge in [-0.05, 0) is 36.2 Å². The van der Waals surface area contributed by atoms with Crippen molar-refractivity contribution >= 4 is 22.9 Å². The predicted octanol–water partition coefficient (Wildman–Crippen LogP) is 1.97. The number of methoxy groups -OCH3 is 1. The van der Waals surface area contributed by atoms with Gasteiger partial charge in [0.1, 0.15) is 11.9 Å². The fraction of sp³-hybridized carbons (Fsp3) is 0.333. The Hall–Kier alpha value is -3.10. The highest BCUT2D eigenvalue weighted by Gasteiger charge is 2.35. The number of benzene rings is 2. The van der Waals surface area contributed by atoms with Crippen LogP contribution in [0, 0.1) is 0 Å². The Kier molecular flexibility index (Phi) is 4.57. The molecular weight excluding hydrogens is 368 g/mol. The van der Waals surface area contributed by atoms with Crippen LogP contribution in [0.15, 0.2) is 53.5 Å². The molecule has 2 N–H and O–H groups in total. The molecule has 0 saturated carbocycles. The molecule has 150 valence electrons. The summed E-state index contributed by atoms with van der Waals surface area (Å²) in [7, 11) is 1.68. The molecule has 0 bridgehead atoms. The van der Waals surface area contributed by atoms with Gasteiger partial charge >= 0.3 is 0 Å². The van der Waals surface area contributed by atoms with Gasteiger partial charge in [0.25, 0.3) is 0 Å². The number of rotatable bonds is 5. The fourth-order valence-electron chi connectivity index (χ4n) is 3.99. The van der Waals surface area contributed by atoms with E-state index in [0.29, 0.717) is 13.3 Å². The lowest BCUT2D eigenvalue weighted by Gasteiger charge is -2.41. The number of aromatic nitrogens is 2. The summed E-state index contributed by atoms with van der Waals surface area (Å²) in [5.41, 5.74) is 3.10. The molecule has 5 rings (SSSR count). The Bertz CT molecular complexity index is 1060. The minimum Gasteiger partial charge on any atom is -0.497 e. The predicted molar refractivity (Wildman–Crippen MR) is 112 cm³/mol. The van der Waals surface area contributed by atoms with Gasteiger partial charge in [-0.1, -0.05) is 24.3 Å². The second-order valence-corrected chi connectivity index (χ2v) is 7.26. The lowest BCUT2D eigenvalue weighted by atomic mass is 10.1. The summed E-state index contributed by atoms with van der Waals surface area (Å²) in [4.78, 5) is 14.0. The lowest BCUT2D eigenvalue weighted by molar-refractivity contribution is 0.223. The number of hydrogen-bond acceptors (Lipinski definition) is 7. The van der Waals surface area contributed by atoms with Gasteiger partial charge in [-0.15, -0.1) is 0 Å². The molecule has 3 heterocycles. The molecule has 29 heavy (non-hydrogen) atoms. The number of ether oxygens (including phenoxy) is 1. The van der Waals surface area contributed by atoms with Crippen molar-refractivity contribution in [2.24, 2.45) is 4.99 Å². The van der Waals surface area contributed by atoms with Crippen molar-refractivity contribution in [1.82, 2.24) is 19.8 Å². The van der Waals surface area contributed by atoms with Gasteiger partial charge in [-0.25, -0.2) is 9.98 Å². The maximum absolute atomic E-state index is 9.17. The van der Waals surface area contributed by atoms with E-state index in [-0.39, 0.29) is 12.8 Å². The summed E-state index contributed by atoms with van der Waals surface area (Å²) in [5, 5.41) is 12.8. The van der Waals surface area contributed by atoms with Crippen LogP contribution in [0.25, 0.3) is 11.0 Å².